The summed E-state index contributed by atoms with van der Waals surface area (Å²) in [4.78, 5) is 0. The highest BCUT2D eigenvalue weighted by Gasteiger charge is 1.99. The molecule has 0 saturated heterocycles. The molecule has 0 aromatic carbocycles. The summed E-state index contributed by atoms with van der Waals surface area (Å²) in [5.74, 6) is 0. The SMILES string of the molecule is C/C=C(/C)C1=CC=CCC1. The maximum atomic E-state index is 2.21. The van der Waals surface area contributed by atoms with E-state index in [-0.39, 0.29) is 0 Å². The van der Waals surface area contributed by atoms with E-state index in [2.05, 4.69) is 38.2 Å². The fourth-order valence-corrected chi connectivity index (χ4v) is 1.12. The topological polar surface area (TPSA) is 0 Å². The van der Waals surface area contributed by atoms with Gasteiger partial charge in [-0.15, -0.1) is 0 Å². The molecule has 0 heteroatoms. The lowest BCUT2D eigenvalue weighted by atomic mass is 9.98. The molecule has 0 nitrogen and oxygen atoms in total. The molecular weight excluding hydrogens is 120 g/mol. The van der Waals surface area contributed by atoms with E-state index in [1.54, 1.807) is 0 Å². The maximum absolute atomic E-state index is 2.21. The summed E-state index contributed by atoms with van der Waals surface area (Å²) in [6.45, 7) is 4.26. The zero-order valence-corrected chi connectivity index (χ0v) is 6.72. The molecule has 0 unspecified atom stereocenters. The van der Waals surface area contributed by atoms with Crippen molar-refractivity contribution in [3.05, 3.63) is 35.5 Å². The van der Waals surface area contributed by atoms with Crippen LogP contribution in [0.5, 0.6) is 0 Å². The van der Waals surface area contributed by atoms with Crippen LogP contribution >= 0.6 is 0 Å². The van der Waals surface area contributed by atoms with Crippen LogP contribution in [-0.2, 0) is 0 Å². The van der Waals surface area contributed by atoms with Crippen molar-refractivity contribution < 1.29 is 0 Å². The molecule has 0 aromatic heterocycles. The molecule has 0 aromatic rings. The van der Waals surface area contributed by atoms with Crippen molar-refractivity contribution in [2.24, 2.45) is 0 Å². The van der Waals surface area contributed by atoms with Gasteiger partial charge in [0.25, 0.3) is 0 Å². The molecule has 1 aliphatic rings. The van der Waals surface area contributed by atoms with E-state index in [0.29, 0.717) is 0 Å². The molecule has 0 saturated carbocycles. The number of hydrogen-bond acceptors (Lipinski definition) is 0. The number of allylic oxidation sites excluding steroid dienone is 6. The van der Waals surface area contributed by atoms with Gasteiger partial charge in [0.2, 0.25) is 0 Å². The lowest BCUT2D eigenvalue weighted by Crippen LogP contribution is -1.87. The van der Waals surface area contributed by atoms with Gasteiger partial charge in [-0.1, -0.05) is 29.9 Å². The summed E-state index contributed by atoms with van der Waals surface area (Å²) >= 11 is 0. The van der Waals surface area contributed by atoms with Crippen molar-refractivity contribution in [3.63, 3.8) is 0 Å². The first-order chi connectivity index (χ1) is 4.84. The van der Waals surface area contributed by atoms with Gasteiger partial charge in [0.1, 0.15) is 0 Å². The Morgan fingerprint density at radius 3 is 2.90 bits per heavy atom. The van der Waals surface area contributed by atoms with Gasteiger partial charge in [0.15, 0.2) is 0 Å². The predicted octanol–water partition coefficient (Wildman–Crippen LogP) is 3.23. The molecule has 0 radical (unpaired) electrons. The zero-order chi connectivity index (χ0) is 7.40. The summed E-state index contributed by atoms with van der Waals surface area (Å²) in [5.41, 5.74) is 2.91. The predicted molar refractivity (Wildman–Crippen MR) is 45.9 cm³/mol. The van der Waals surface area contributed by atoms with Crippen LogP contribution in [0, 0.1) is 0 Å². The van der Waals surface area contributed by atoms with E-state index >= 15 is 0 Å². The highest BCUT2D eigenvalue weighted by Crippen LogP contribution is 2.18. The third kappa shape index (κ3) is 1.60. The first-order valence-electron chi connectivity index (χ1n) is 3.83. The smallest absolute Gasteiger partial charge is 0.0242 e. The Hall–Kier alpha value is -0.780. The first-order valence-corrected chi connectivity index (χ1v) is 3.83. The second-order valence-electron chi connectivity index (χ2n) is 2.63. The van der Waals surface area contributed by atoms with E-state index in [9.17, 15) is 0 Å². The average Bonchev–Trinajstić information content (AvgIpc) is 2.05. The van der Waals surface area contributed by atoms with E-state index in [1.165, 1.54) is 24.0 Å². The minimum absolute atomic E-state index is 1.21. The van der Waals surface area contributed by atoms with Crippen LogP contribution in [0.1, 0.15) is 26.7 Å². The van der Waals surface area contributed by atoms with Crippen molar-refractivity contribution in [1.82, 2.24) is 0 Å². The van der Waals surface area contributed by atoms with Crippen LogP contribution in [0.3, 0.4) is 0 Å². The number of hydrogen-bond donors (Lipinski definition) is 0. The lowest BCUT2D eigenvalue weighted by molar-refractivity contribution is 0.967. The van der Waals surface area contributed by atoms with E-state index in [1.807, 2.05) is 0 Å². The quantitative estimate of drug-likeness (QED) is 0.516. The first kappa shape index (κ1) is 7.33. The lowest BCUT2D eigenvalue weighted by Gasteiger charge is -2.07. The molecule has 0 aliphatic heterocycles. The van der Waals surface area contributed by atoms with Gasteiger partial charge < -0.3 is 0 Å². The molecule has 10 heavy (non-hydrogen) atoms. The summed E-state index contributed by atoms with van der Waals surface area (Å²) in [5, 5.41) is 0. The molecule has 0 spiro atoms. The molecule has 0 atom stereocenters. The van der Waals surface area contributed by atoms with Gasteiger partial charge in [-0.2, -0.15) is 0 Å². The molecule has 54 valence electrons. The summed E-state index contributed by atoms with van der Waals surface area (Å²) in [7, 11) is 0. The molecule has 0 fully saturated rings. The van der Waals surface area contributed by atoms with E-state index in [4.69, 9.17) is 0 Å². The molecular formula is C10H14. The van der Waals surface area contributed by atoms with Gasteiger partial charge in [-0.25, -0.2) is 0 Å². The van der Waals surface area contributed by atoms with Crippen molar-refractivity contribution in [1.29, 1.82) is 0 Å². The van der Waals surface area contributed by atoms with Gasteiger partial charge >= 0.3 is 0 Å². The highest BCUT2D eigenvalue weighted by molar-refractivity contribution is 5.34. The monoisotopic (exact) mass is 134 g/mol. The summed E-state index contributed by atoms with van der Waals surface area (Å²) in [6.07, 6.45) is 11.2. The van der Waals surface area contributed by atoms with E-state index in [0.717, 1.165) is 0 Å². The fraction of sp³-hybridized carbons (Fsp3) is 0.400. The van der Waals surface area contributed by atoms with Crippen LogP contribution in [0.2, 0.25) is 0 Å². The maximum Gasteiger partial charge on any atom is -0.0242 e. The number of rotatable bonds is 1. The van der Waals surface area contributed by atoms with Crippen LogP contribution < -0.4 is 0 Å². The Balaban J connectivity index is 2.72. The Morgan fingerprint density at radius 1 is 1.60 bits per heavy atom. The summed E-state index contributed by atoms with van der Waals surface area (Å²) < 4.78 is 0. The second kappa shape index (κ2) is 3.40. The van der Waals surface area contributed by atoms with Crippen LogP contribution in [0.15, 0.2) is 35.5 Å². The largest absolute Gasteiger partial charge is 0.0844 e. The van der Waals surface area contributed by atoms with Crippen molar-refractivity contribution in [2.45, 2.75) is 26.7 Å². The van der Waals surface area contributed by atoms with Gasteiger partial charge in [-0.3, -0.25) is 0 Å². The second-order valence-corrected chi connectivity index (χ2v) is 2.63. The minimum Gasteiger partial charge on any atom is -0.0844 e. The van der Waals surface area contributed by atoms with Crippen molar-refractivity contribution >= 4 is 0 Å². The third-order valence-corrected chi connectivity index (χ3v) is 1.95. The highest BCUT2D eigenvalue weighted by atomic mass is 14.0. The zero-order valence-electron chi connectivity index (χ0n) is 6.72. The molecule has 1 rings (SSSR count). The van der Waals surface area contributed by atoms with Gasteiger partial charge in [0, 0.05) is 0 Å². The van der Waals surface area contributed by atoms with Gasteiger partial charge in [0.05, 0.1) is 0 Å². The molecule has 0 bridgehead atoms. The fourth-order valence-electron chi connectivity index (χ4n) is 1.12. The van der Waals surface area contributed by atoms with Crippen LogP contribution in [0.25, 0.3) is 0 Å². The molecule has 0 N–H and O–H groups in total. The Bertz CT molecular complexity index is 192. The normalized spacial score (nSPS) is 19.0. The van der Waals surface area contributed by atoms with Gasteiger partial charge in [-0.05, 0) is 32.3 Å². The average molecular weight is 134 g/mol. The van der Waals surface area contributed by atoms with E-state index < -0.39 is 0 Å². The Labute approximate surface area is 62.9 Å². The minimum atomic E-state index is 1.21. The Kier molecular flexibility index (Phi) is 2.49. The van der Waals surface area contributed by atoms with Crippen LogP contribution in [-0.4, -0.2) is 0 Å². The molecule has 1 aliphatic carbocycles. The summed E-state index contributed by atoms with van der Waals surface area (Å²) in [6, 6.07) is 0. The van der Waals surface area contributed by atoms with Crippen molar-refractivity contribution in [2.75, 3.05) is 0 Å². The van der Waals surface area contributed by atoms with Crippen LogP contribution in [0.4, 0.5) is 0 Å². The standard InChI is InChI=1S/C10H14/c1-3-9(2)10-7-5-4-6-8-10/h3-5,7H,6,8H2,1-2H3/b9-3-. The Morgan fingerprint density at radius 2 is 2.40 bits per heavy atom. The molecule has 0 amide bonds. The van der Waals surface area contributed by atoms with Crippen molar-refractivity contribution in [3.8, 4) is 0 Å². The molecule has 0 heterocycles. The third-order valence-electron chi connectivity index (χ3n) is 1.95.